The second-order valence-corrected chi connectivity index (χ2v) is 6.66. The molecule has 1 fully saturated rings. The van der Waals surface area contributed by atoms with Crippen LogP contribution in [0.5, 0.6) is 0 Å². The normalized spacial score (nSPS) is 24.0. The molecule has 1 aromatic heterocycles. The average molecular weight is 303 g/mol. The minimum absolute atomic E-state index is 0.142. The molecule has 0 bridgehead atoms. The number of anilines is 1. The molecule has 0 N–H and O–H groups in total. The first-order valence-corrected chi connectivity index (χ1v) is 8.48. The number of rotatable bonds is 5. The summed E-state index contributed by atoms with van der Waals surface area (Å²) in [5, 5.41) is 0. The molecular formula is C18H29N3O. The van der Waals surface area contributed by atoms with Crippen LogP contribution in [0, 0.1) is 11.8 Å². The van der Waals surface area contributed by atoms with Gasteiger partial charge in [0.1, 0.15) is 5.82 Å². The Kier molecular flexibility index (Phi) is 5.95. The van der Waals surface area contributed by atoms with Gasteiger partial charge in [0.25, 0.3) is 0 Å². The van der Waals surface area contributed by atoms with Gasteiger partial charge in [-0.1, -0.05) is 26.8 Å². The summed E-state index contributed by atoms with van der Waals surface area (Å²) >= 11 is 0. The Morgan fingerprint density at radius 1 is 1.41 bits per heavy atom. The lowest BCUT2D eigenvalue weighted by molar-refractivity contribution is -0.118. The number of hydrogen-bond acceptors (Lipinski definition) is 3. The summed E-state index contributed by atoms with van der Waals surface area (Å²) < 4.78 is 0. The Balaban J connectivity index is 2.06. The van der Waals surface area contributed by atoms with E-state index in [4.69, 9.17) is 0 Å². The molecule has 22 heavy (non-hydrogen) atoms. The zero-order valence-electron chi connectivity index (χ0n) is 14.3. The van der Waals surface area contributed by atoms with Crippen LogP contribution >= 0.6 is 0 Å². The summed E-state index contributed by atoms with van der Waals surface area (Å²) in [5.74, 6) is 2.44. The molecule has 122 valence electrons. The molecule has 1 aliphatic heterocycles. The lowest BCUT2D eigenvalue weighted by Gasteiger charge is -2.38. The van der Waals surface area contributed by atoms with Gasteiger partial charge in [-0.15, -0.1) is 0 Å². The van der Waals surface area contributed by atoms with Gasteiger partial charge in [0.15, 0.2) is 0 Å². The van der Waals surface area contributed by atoms with Crippen LogP contribution < -0.4 is 4.90 Å². The monoisotopic (exact) mass is 303 g/mol. The topological polar surface area (TPSA) is 36.4 Å². The Bertz CT molecular complexity index is 476. The van der Waals surface area contributed by atoms with Crippen molar-refractivity contribution in [3.8, 4) is 0 Å². The van der Waals surface area contributed by atoms with Crippen LogP contribution in [0.4, 0.5) is 5.82 Å². The molecular weight excluding hydrogens is 274 g/mol. The molecule has 0 aliphatic carbocycles. The van der Waals surface area contributed by atoms with Gasteiger partial charge in [-0.05, 0) is 43.9 Å². The van der Waals surface area contributed by atoms with E-state index in [-0.39, 0.29) is 11.9 Å². The third-order valence-corrected chi connectivity index (χ3v) is 4.85. The molecule has 1 saturated heterocycles. The number of nitrogens with zero attached hydrogens (tertiary/aromatic N) is 3. The van der Waals surface area contributed by atoms with Crippen molar-refractivity contribution in [2.75, 3.05) is 24.5 Å². The number of likely N-dealkylation sites (tertiary alicyclic amines) is 1. The van der Waals surface area contributed by atoms with Crippen LogP contribution in [-0.2, 0) is 4.79 Å². The molecule has 0 saturated carbocycles. The van der Waals surface area contributed by atoms with Crippen molar-refractivity contribution in [2.24, 2.45) is 11.8 Å². The van der Waals surface area contributed by atoms with Crippen LogP contribution in [0.2, 0.25) is 0 Å². The Hall–Kier alpha value is -1.42. The van der Waals surface area contributed by atoms with Crippen molar-refractivity contribution < 1.29 is 4.79 Å². The van der Waals surface area contributed by atoms with Gasteiger partial charge in [-0.25, -0.2) is 4.98 Å². The second-order valence-electron chi connectivity index (χ2n) is 6.66. The van der Waals surface area contributed by atoms with Crippen molar-refractivity contribution in [3.05, 3.63) is 24.4 Å². The minimum atomic E-state index is 0.142. The molecule has 3 atom stereocenters. The maximum absolute atomic E-state index is 12.4. The fourth-order valence-electron chi connectivity index (χ4n) is 3.24. The fourth-order valence-corrected chi connectivity index (χ4v) is 3.24. The predicted molar refractivity (Wildman–Crippen MR) is 90.9 cm³/mol. The third-order valence-electron chi connectivity index (χ3n) is 4.85. The third kappa shape index (κ3) is 4.07. The summed E-state index contributed by atoms with van der Waals surface area (Å²) in [6.07, 6.45) is 3.51. The van der Waals surface area contributed by atoms with E-state index in [0.717, 1.165) is 37.3 Å². The lowest BCUT2D eigenvalue weighted by atomic mass is 9.88. The van der Waals surface area contributed by atoms with Crippen LogP contribution in [0.3, 0.4) is 0 Å². The predicted octanol–water partition coefficient (Wildman–Crippen LogP) is 3.19. The first-order chi connectivity index (χ1) is 10.5. The Morgan fingerprint density at radius 3 is 2.77 bits per heavy atom. The maximum atomic E-state index is 12.4. The molecule has 0 aromatic carbocycles. The maximum Gasteiger partial charge on any atom is 0.228 e. The van der Waals surface area contributed by atoms with Gasteiger partial charge >= 0.3 is 0 Å². The highest BCUT2D eigenvalue weighted by Gasteiger charge is 2.27. The molecule has 1 aromatic rings. The average Bonchev–Trinajstić information content (AvgIpc) is 2.52. The number of carbonyl (C=O) groups is 1. The summed E-state index contributed by atoms with van der Waals surface area (Å²) in [4.78, 5) is 21.1. The van der Waals surface area contributed by atoms with Crippen molar-refractivity contribution in [2.45, 2.75) is 46.6 Å². The van der Waals surface area contributed by atoms with E-state index < -0.39 is 0 Å². The van der Waals surface area contributed by atoms with Gasteiger partial charge in [0, 0.05) is 31.7 Å². The van der Waals surface area contributed by atoms with Gasteiger partial charge < -0.3 is 4.90 Å². The molecule has 0 radical (unpaired) electrons. The van der Waals surface area contributed by atoms with Crippen LogP contribution in [0.1, 0.15) is 40.5 Å². The Morgan fingerprint density at radius 2 is 2.18 bits per heavy atom. The molecule has 4 heteroatoms. The molecule has 2 rings (SSSR count). The number of carbonyl (C=O) groups excluding carboxylic acids is 1. The van der Waals surface area contributed by atoms with Crippen LogP contribution in [0.25, 0.3) is 0 Å². The zero-order chi connectivity index (χ0) is 16.1. The van der Waals surface area contributed by atoms with E-state index in [9.17, 15) is 4.79 Å². The van der Waals surface area contributed by atoms with E-state index in [2.05, 4.69) is 30.7 Å². The fraction of sp³-hybridized carbons (Fsp3) is 0.667. The van der Waals surface area contributed by atoms with Gasteiger partial charge in [0.2, 0.25) is 5.91 Å². The lowest BCUT2D eigenvalue weighted by Crippen LogP contribution is -2.49. The van der Waals surface area contributed by atoms with Crippen LogP contribution in [0.15, 0.2) is 24.4 Å². The second kappa shape index (κ2) is 7.73. The van der Waals surface area contributed by atoms with Gasteiger partial charge in [-0.3, -0.25) is 9.69 Å². The zero-order valence-corrected chi connectivity index (χ0v) is 14.3. The number of hydrogen-bond donors (Lipinski definition) is 0. The first kappa shape index (κ1) is 16.9. The molecule has 1 amide bonds. The van der Waals surface area contributed by atoms with E-state index >= 15 is 0 Å². The van der Waals surface area contributed by atoms with Crippen molar-refractivity contribution in [1.82, 2.24) is 9.88 Å². The number of piperidine rings is 1. The minimum Gasteiger partial charge on any atom is -0.301 e. The SMILES string of the molecule is CCC(=O)N(c1ccccn1)C(C)CN1CC[C@@H](C)[C@@H](C)C1. The summed E-state index contributed by atoms with van der Waals surface area (Å²) in [6, 6.07) is 5.89. The standard InChI is InChI=1S/C18H29N3O/c1-5-18(22)21(17-8-6-7-10-19-17)16(4)13-20-11-9-14(2)15(3)12-20/h6-8,10,14-16H,5,9,11-13H2,1-4H3/t14-,15+,16?/m1/s1. The highest BCUT2D eigenvalue weighted by molar-refractivity contribution is 5.92. The number of pyridine rings is 1. The smallest absolute Gasteiger partial charge is 0.228 e. The van der Waals surface area contributed by atoms with Crippen molar-refractivity contribution in [3.63, 3.8) is 0 Å². The summed E-state index contributed by atoms with van der Waals surface area (Å²) in [5.41, 5.74) is 0. The molecule has 0 spiro atoms. The first-order valence-electron chi connectivity index (χ1n) is 8.48. The molecule has 4 nitrogen and oxygen atoms in total. The van der Waals surface area contributed by atoms with E-state index in [1.807, 2.05) is 30.0 Å². The van der Waals surface area contributed by atoms with E-state index in [1.165, 1.54) is 6.42 Å². The Labute approximate surface area is 134 Å². The van der Waals surface area contributed by atoms with Crippen molar-refractivity contribution in [1.29, 1.82) is 0 Å². The highest BCUT2D eigenvalue weighted by atomic mass is 16.2. The quantitative estimate of drug-likeness (QED) is 0.838. The van der Waals surface area contributed by atoms with Crippen molar-refractivity contribution >= 4 is 11.7 Å². The molecule has 1 aliphatic rings. The summed E-state index contributed by atoms with van der Waals surface area (Å²) in [7, 11) is 0. The van der Waals surface area contributed by atoms with Gasteiger partial charge in [-0.2, -0.15) is 0 Å². The largest absolute Gasteiger partial charge is 0.301 e. The molecule has 2 heterocycles. The van der Waals surface area contributed by atoms with E-state index in [1.54, 1.807) is 6.20 Å². The van der Waals surface area contributed by atoms with Gasteiger partial charge in [0.05, 0.1) is 0 Å². The highest BCUT2D eigenvalue weighted by Crippen LogP contribution is 2.23. The summed E-state index contributed by atoms with van der Waals surface area (Å²) in [6.45, 7) is 11.9. The van der Waals surface area contributed by atoms with E-state index in [0.29, 0.717) is 6.42 Å². The number of aromatic nitrogens is 1. The van der Waals surface area contributed by atoms with Crippen LogP contribution in [-0.4, -0.2) is 41.5 Å². The number of amides is 1. The molecule has 1 unspecified atom stereocenters.